The lowest BCUT2D eigenvalue weighted by Crippen LogP contribution is -1.90. The molecular weight excluding hydrogens is 255 g/mol. The van der Waals surface area contributed by atoms with Gasteiger partial charge < -0.3 is 9.63 Å². The molecule has 6 heteroatoms. The van der Waals surface area contributed by atoms with Crippen molar-refractivity contribution in [1.29, 1.82) is 0 Å². The summed E-state index contributed by atoms with van der Waals surface area (Å²) in [5.41, 5.74) is 0.211. The van der Waals surface area contributed by atoms with Crippen molar-refractivity contribution in [3.63, 3.8) is 0 Å². The molecule has 2 aromatic rings. The molecule has 0 radical (unpaired) electrons. The van der Waals surface area contributed by atoms with Crippen LogP contribution in [0.1, 0.15) is 19.7 Å². The highest BCUT2D eigenvalue weighted by molar-refractivity contribution is 7.99. The minimum atomic E-state index is -0.459. The lowest BCUT2D eigenvalue weighted by Gasteiger charge is -1.99. The average Bonchev–Trinajstić information content (AvgIpc) is 2.78. The quantitative estimate of drug-likeness (QED) is 0.922. The highest BCUT2D eigenvalue weighted by Crippen LogP contribution is 2.28. The number of aromatic hydroxyl groups is 1. The van der Waals surface area contributed by atoms with Crippen LogP contribution in [0.3, 0.4) is 0 Å². The van der Waals surface area contributed by atoms with E-state index in [4.69, 9.17) is 4.52 Å². The number of rotatable bonds is 4. The molecule has 0 saturated heterocycles. The number of aromatic nitrogens is 2. The summed E-state index contributed by atoms with van der Waals surface area (Å²) in [4.78, 5) is 4.13. The Morgan fingerprint density at radius 1 is 1.44 bits per heavy atom. The Balaban J connectivity index is 2.21. The lowest BCUT2D eigenvalue weighted by molar-refractivity contribution is 0.419. The van der Waals surface area contributed by atoms with Crippen molar-refractivity contribution in [2.45, 2.75) is 24.9 Å². The van der Waals surface area contributed by atoms with Gasteiger partial charge in [-0.1, -0.05) is 19.0 Å². The second-order valence-electron chi connectivity index (χ2n) is 4.04. The zero-order chi connectivity index (χ0) is 13.1. The first-order valence-electron chi connectivity index (χ1n) is 5.49. The first-order chi connectivity index (χ1) is 8.56. The number of phenols is 1. The molecule has 0 bridgehead atoms. The van der Waals surface area contributed by atoms with Gasteiger partial charge in [0, 0.05) is 0 Å². The molecular formula is C12H13FN2O2S. The molecule has 0 unspecified atom stereocenters. The van der Waals surface area contributed by atoms with Crippen molar-refractivity contribution in [3.8, 4) is 17.2 Å². The van der Waals surface area contributed by atoms with Gasteiger partial charge in [-0.2, -0.15) is 16.7 Å². The molecule has 1 N–H and O–H groups in total. The Labute approximate surface area is 108 Å². The van der Waals surface area contributed by atoms with Crippen LogP contribution in [0.15, 0.2) is 22.7 Å². The predicted molar refractivity (Wildman–Crippen MR) is 67.8 cm³/mol. The maximum absolute atomic E-state index is 13.1. The summed E-state index contributed by atoms with van der Waals surface area (Å²) in [5, 5.41) is 13.9. The number of benzene rings is 1. The summed E-state index contributed by atoms with van der Waals surface area (Å²) >= 11 is 1.68. The Morgan fingerprint density at radius 3 is 2.94 bits per heavy atom. The molecule has 0 fully saturated rings. The monoisotopic (exact) mass is 268 g/mol. The number of thioether (sulfide) groups is 1. The molecule has 0 spiro atoms. The van der Waals surface area contributed by atoms with Gasteiger partial charge in [0.15, 0.2) is 5.82 Å². The van der Waals surface area contributed by atoms with Crippen LogP contribution in [0, 0.1) is 5.82 Å². The summed E-state index contributed by atoms with van der Waals surface area (Å²) in [6.07, 6.45) is 0. The van der Waals surface area contributed by atoms with Crippen LogP contribution >= 0.6 is 11.8 Å². The van der Waals surface area contributed by atoms with E-state index in [-0.39, 0.29) is 17.2 Å². The van der Waals surface area contributed by atoms with Gasteiger partial charge in [-0.25, -0.2) is 4.39 Å². The Morgan fingerprint density at radius 2 is 2.22 bits per heavy atom. The van der Waals surface area contributed by atoms with E-state index in [0.29, 0.717) is 16.8 Å². The number of nitrogens with zero attached hydrogens (tertiary/aromatic N) is 2. The third-order valence-corrected chi connectivity index (χ3v) is 3.29. The molecule has 0 aliphatic carbocycles. The van der Waals surface area contributed by atoms with Crippen LogP contribution in [0.4, 0.5) is 4.39 Å². The molecule has 0 atom stereocenters. The van der Waals surface area contributed by atoms with Crippen LogP contribution < -0.4 is 0 Å². The maximum Gasteiger partial charge on any atom is 0.261 e. The predicted octanol–water partition coefficient (Wildman–Crippen LogP) is 3.22. The third kappa shape index (κ3) is 3.01. The van der Waals surface area contributed by atoms with Crippen molar-refractivity contribution in [3.05, 3.63) is 29.8 Å². The van der Waals surface area contributed by atoms with Crippen molar-refractivity contribution < 1.29 is 14.0 Å². The van der Waals surface area contributed by atoms with Crippen LogP contribution in [0.5, 0.6) is 5.75 Å². The number of hydrogen-bond acceptors (Lipinski definition) is 5. The summed E-state index contributed by atoms with van der Waals surface area (Å²) in [5.74, 6) is 0.748. The van der Waals surface area contributed by atoms with Crippen LogP contribution in [-0.2, 0) is 5.75 Å². The van der Waals surface area contributed by atoms with Gasteiger partial charge in [-0.15, -0.1) is 0 Å². The van der Waals surface area contributed by atoms with Gasteiger partial charge in [0.25, 0.3) is 5.89 Å². The molecule has 0 aliphatic rings. The largest absolute Gasteiger partial charge is 0.507 e. The van der Waals surface area contributed by atoms with E-state index in [2.05, 4.69) is 24.0 Å². The van der Waals surface area contributed by atoms with E-state index in [1.54, 1.807) is 11.8 Å². The van der Waals surface area contributed by atoms with Crippen molar-refractivity contribution in [1.82, 2.24) is 10.1 Å². The minimum absolute atomic E-state index is 0.0805. The number of phenolic OH excluding ortho intramolecular Hbond substituents is 1. The molecule has 96 valence electrons. The minimum Gasteiger partial charge on any atom is -0.507 e. The summed E-state index contributed by atoms with van der Waals surface area (Å²) < 4.78 is 18.1. The summed E-state index contributed by atoms with van der Waals surface area (Å²) in [7, 11) is 0. The molecule has 4 nitrogen and oxygen atoms in total. The molecule has 1 heterocycles. The second-order valence-corrected chi connectivity index (χ2v) is 5.60. The standard InChI is InChI=1S/C12H13FN2O2S/c1-7(2)18-6-11-14-12(17-15-11)9-5-8(13)3-4-10(9)16/h3-5,7,16H,6H2,1-2H3. The molecule has 1 aromatic heterocycles. The fourth-order valence-electron chi connectivity index (χ4n) is 1.34. The van der Waals surface area contributed by atoms with Gasteiger partial charge in [0.1, 0.15) is 11.6 Å². The number of hydrogen-bond donors (Lipinski definition) is 1. The van der Waals surface area contributed by atoms with E-state index in [1.165, 1.54) is 18.2 Å². The van der Waals surface area contributed by atoms with Gasteiger partial charge in [-0.05, 0) is 23.4 Å². The SMILES string of the molecule is CC(C)SCc1noc(-c2cc(F)ccc2O)n1. The van der Waals surface area contributed by atoms with Gasteiger partial charge in [0.05, 0.1) is 11.3 Å². The molecule has 0 saturated carbocycles. The molecule has 18 heavy (non-hydrogen) atoms. The third-order valence-electron chi connectivity index (χ3n) is 2.20. The van der Waals surface area contributed by atoms with Crippen molar-refractivity contribution >= 4 is 11.8 Å². The lowest BCUT2D eigenvalue weighted by atomic mass is 10.2. The molecule has 1 aromatic carbocycles. The van der Waals surface area contributed by atoms with E-state index in [1.807, 2.05) is 0 Å². The normalized spacial score (nSPS) is 11.1. The molecule has 0 aliphatic heterocycles. The van der Waals surface area contributed by atoms with E-state index >= 15 is 0 Å². The topological polar surface area (TPSA) is 59.2 Å². The highest BCUT2D eigenvalue weighted by atomic mass is 32.2. The fraction of sp³-hybridized carbons (Fsp3) is 0.333. The summed E-state index contributed by atoms with van der Waals surface area (Å²) in [6, 6.07) is 3.60. The fourth-order valence-corrected chi connectivity index (χ4v) is 1.94. The average molecular weight is 268 g/mol. The highest BCUT2D eigenvalue weighted by Gasteiger charge is 2.14. The zero-order valence-electron chi connectivity index (χ0n) is 10.1. The second kappa shape index (κ2) is 5.39. The van der Waals surface area contributed by atoms with E-state index < -0.39 is 5.82 Å². The Bertz CT molecular complexity index is 543. The van der Waals surface area contributed by atoms with E-state index in [0.717, 1.165) is 0 Å². The van der Waals surface area contributed by atoms with Crippen LogP contribution in [0.25, 0.3) is 11.5 Å². The van der Waals surface area contributed by atoms with Crippen LogP contribution in [-0.4, -0.2) is 20.5 Å². The van der Waals surface area contributed by atoms with Gasteiger partial charge >= 0.3 is 0 Å². The number of halogens is 1. The van der Waals surface area contributed by atoms with Gasteiger partial charge in [0.2, 0.25) is 0 Å². The summed E-state index contributed by atoms with van der Waals surface area (Å²) in [6.45, 7) is 4.15. The molecule has 2 rings (SSSR count). The van der Waals surface area contributed by atoms with Gasteiger partial charge in [-0.3, -0.25) is 0 Å². The first-order valence-corrected chi connectivity index (χ1v) is 6.54. The Kier molecular flexibility index (Phi) is 3.86. The van der Waals surface area contributed by atoms with Crippen molar-refractivity contribution in [2.75, 3.05) is 0 Å². The maximum atomic E-state index is 13.1. The Hall–Kier alpha value is -1.56. The molecule has 0 amide bonds. The zero-order valence-corrected chi connectivity index (χ0v) is 10.9. The van der Waals surface area contributed by atoms with E-state index in [9.17, 15) is 9.50 Å². The van der Waals surface area contributed by atoms with Crippen LogP contribution in [0.2, 0.25) is 0 Å². The smallest absolute Gasteiger partial charge is 0.261 e. The first kappa shape index (κ1) is 12.9. The van der Waals surface area contributed by atoms with Crippen molar-refractivity contribution in [2.24, 2.45) is 0 Å².